The lowest BCUT2D eigenvalue weighted by Crippen LogP contribution is -2.29. The van der Waals surface area contributed by atoms with Gasteiger partial charge < -0.3 is 4.42 Å². The lowest BCUT2D eigenvalue weighted by atomic mass is 9.98. The number of hydrogen-bond acceptors (Lipinski definition) is 7. The zero-order chi connectivity index (χ0) is 25.7. The van der Waals surface area contributed by atoms with E-state index >= 15 is 0 Å². The van der Waals surface area contributed by atoms with Crippen LogP contribution in [0, 0.1) is 13.8 Å². The summed E-state index contributed by atoms with van der Waals surface area (Å²) in [5.41, 5.74) is 4.43. The topological polar surface area (TPSA) is 76.3 Å². The number of halogens is 1. The third-order valence-corrected chi connectivity index (χ3v) is 8.64. The van der Waals surface area contributed by atoms with Crippen LogP contribution in [0.2, 0.25) is 5.02 Å². The van der Waals surface area contributed by atoms with Crippen LogP contribution >= 0.6 is 34.7 Å². The van der Waals surface area contributed by atoms with Crippen LogP contribution in [0.25, 0.3) is 11.0 Å². The molecule has 184 valence electrons. The van der Waals surface area contributed by atoms with E-state index in [1.807, 2.05) is 19.1 Å². The largest absolute Gasteiger partial charge is 0.450 e. The van der Waals surface area contributed by atoms with Gasteiger partial charge in [-0.05, 0) is 49.2 Å². The maximum Gasteiger partial charge on any atom is 0.297 e. The van der Waals surface area contributed by atoms with Crippen LogP contribution in [-0.4, -0.2) is 16.1 Å². The molecule has 37 heavy (non-hydrogen) atoms. The Labute approximate surface area is 225 Å². The molecule has 1 unspecified atom stereocenters. The molecule has 6 rings (SSSR count). The number of aryl methyl sites for hydroxylation is 2. The predicted octanol–water partition coefficient (Wildman–Crippen LogP) is 6.96. The van der Waals surface area contributed by atoms with E-state index in [1.54, 1.807) is 42.1 Å². The van der Waals surface area contributed by atoms with Crippen molar-refractivity contribution in [3.8, 4) is 0 Å². The van der Waals surface area contributed by atoms with Crippen molar-refractivity contribution in [2.75, 3.05) is 4.90 Å². The van der Waals surface area contributed by atoms with E-state index < -0.39 is 11.9 Å². The molecule has 0 N–H and O–H groups in total. The number of carbonyl (C=O) groups excluding carboxylic acids is 1. The van der Waals surface area contributed by atoms with Crippen molar-refractivity contribution in [3.05, 3.63) is 116 Å². The van der Waals surface area contributed by atoms with Crippen LogP contribution in [0.1, 0.15) is 44.4 Å². The first-order chi connectivity index (χ1) is 17.9. The van der Waals surface area contributed by atoms with E-state index in [1.165, 1.54) is 27.4 Å². The van der Waals surface area contributed by atoms with Gasteiger partial charge >= 0.3 is 0 Å². The van der Waals surface area contributed by atoms with Crippen molar-refractivity contribution in [1.82, 2.24) is 10.2 Å². The highest BCUT2D eigenvalue weighted by Crippen LogP contribution is 2.43. The summed E-state index contributed by atoms with van der Waals surface area (Å²) in [4.78, 5) is 29.0. The van der Waals surface area contributed by atoms with Crippen molar-refractivity contribution in [1.29, 1.82) is 0 Å². The molecule has 9 heteroatoms. The van der Waals surface area contributed by atoms with E-state index in [-0.39, 0.29) is 16.8 Å². The number of amides is 1. The van der Waals surface area contributed by atoms with Gasteiger partial charge in [0, 0.05) is 10.8 Å². The minimum atomic E-state index is -0.731. The van der Waals surface area contributed by atoms with Crippen molar-refractivity contribution in [3.63, 3.8) is 0 Å². The van der Waals surface area contributed by atoms with Crippen LogP contribution in [0.4, 0.5) is 5.13 Å². The van der Waals surface area contributed by atoms with Gasteiger partial charge in [0.2, 0.25) is 10.9 Å². The fourth-order valence-electron chi connectivity index (χ4n) is 4.46. The normalized spacial score (nSPS) is 14.9. The quantitative estimate of drug-likeness (QED) is 0.175. The van der Waals surface area contributed by atoms with E-state index in [2.05, 4.69) is 41.4 Å². The maximum absolute atomic E-state index is 13.7. The number of hydrogen-bond donors (Lipinski definition) is 0. The summed E-state index contributed by atoms with van der Waals surface area (Å²) in [5.74, 6) is 0.326. The molecule has 0 spiro atoms. The number of carbonyl (C=O) groups is 1. The van der Waals surface area contributed by atoms with Crippen molar-refractivity contribution < 1.29 is 9.21 Å². The first-order valence-electron chi connectivity index (χ1n) is 11.6. The predicted molar refractivity (Wildman–Crippen MR) is 148 cm³/mol. The molecule has 3 heterocycles. The first-order valence-corrected chi connectivity index (χ1v) is 13.8. The molecule has 1 aliphatic rings. The number of rotatable bonds is 5. The highest BCUT2D eigenvalue weighted by molar-refractivity contribution is 8.00. The Bertz CT molecular complexity index is 1730. The number of thioether (sulfide) groups is 1. The molecular weight excluding hydrogens is 526 g/mol. The molecule has 0 aliphatic carbocycles. The number of fused-ring (bicyclic) bond motifs is 2. The third kappa shape index (κ3) is 4.35. The van der Waals surface area contributed by atoms with Gasteiger partial charge in [0.1, 0.15) is 5.58 Å². The van der Waals surface area contributed by atoms with Gasteiger partial charge in [-0.25, -0.2) is 0 Å². The molecule has 1 atom stereocenters. The monoisotopic (exact) mass is 545 g/mol. The standard InChI is InChI=1S/C28H20ClN3O3S2/c1-15-6-9-17(10-7-15)14-36-28-31-30-27(37-28)32-23(18-4-3-5-19(29)13-18)22-24(33)20-12-16(2)8-11-21(20)35-25(22)26(32)34/h3-13,23H,14H2,1-2H3. The Morgan fingerprint density at radius 1 is 1.00 bits per heavy atom. The van der Waals surface area contributed by atoms with Crippen LogP contribution in [0.15, 0.2) is 80.3 Å². The van der Waals surface area contributed by atoms with Gasteiger partial charge in [-0.3, -0.25) is 14.5 Å². The van der Waals surface area contributed by atoms with Crippen molar-refractivity contribution in [2.45, 2.75) is 30.0 Å². The summed E-state index contributed by atoms with van der Waals surface area (Å²) >= 11 is 9.18. The summed E-state index contributed by atoms with van der Waals surface area (Å²) in [6.07, 6.45) is 0. The maximum atomic E-state index is 13.7. The summed E-state index contributed by atoms with van der Waals surface area (Å²) < 4.78 is 6.76. The summed E-state index contributed by atoms with van der Waals surface area (Å²) in [5, 5.41) is 10.0. The van der Waals surface area contributed by atoms with Gasteiger partial charge in [-0.2, -0.15) is 0 Å². The molecule has 0 saturated carbocycles. The third-order valence-electron chi connectivity index (χ3n) is 6.27. The second kappa shape index (κ2) is 9.45. The molecule has 1 aliphatic heterocycles. The molecule has 1 amide bonds. The Hall–Kier alpha value is -3.46. The van der Waals surface area contributed by atoms with Gasteiger partial charge in [0.25, 0.3) is 5.91 Å². The average molecular weight is 546 g/mol. The minimum absolute atomic E-state index is 0.0235. The fourth-order valence-corrected chi connectivity index (χ4v) is 6.49. The van der Waals surface area contributed by atoms with Crippen LogP contribution < -0.4 is 10.3 Å². The van der Waals surface area contributed by atoms with Gasteiger partial charge in [0.05, 0.1) is 17.0 Å². The lowest BCUT2D eigenvalue weighted by molar-refractivity contribution is 0.0970. The number of aromatic nitrogens is 2. The molecule has 2 aromatic heterocycles. The Morgan fingerprint density at radius 3 is 2.57 bits per heavy atom. The molecule has 0 radical (unpaired) electrons. The molecular formula is C28H20ClN3O3S2. The van der Waals surface area contributed by atoms with E-state index in [4.69, 9.17) is 16.0 Å². The van der Waals surface area contributed by atoms with Crippen LogP contribution in [0.5, 0.6) is 0 Å². The second-order valence-electron chi connectivity index (χ2n) is 8.93. The highest BCUT2D eigenvalue weighted by atomic mass is 35.5. The molecule has 0 fully saturated rings. The van der Waals surface area contributed by atoms with E-state index in [0.29, 0.717) is 26.7 Å². The summed E-state index contributed by atoms with van der Waals surface area (Å²) in [6, 6.07) is 20.1. The van der Waals surface area contributed by atoms with E-state index in [0.717, 1.165) is 15.7 Å². The Kier molecular flexibility index (Phi) is 6.10. The fraction of sp³-hybridized carbons (Fsp3) is 0.143. The van der Waals surface area contributed by atoms with Crippen molar-refractivity contribution >= 4 is 56.7 Å². The van der Waals surface area contributed by atoms with Crippen LogP contribution in [-0.2, 0) is 5.75 Å². The SMILES string of the molecule is Cc1ccc(CSc2nnc(N3C(=O)c4oc5ccc(C)cc5c(=O)c4C3c3cccc(Cl)c3)s2)cc1. The van der Waals surface area contributed by atoms with Gasteiger partial charge in [-0.1, -0.05) is 88.3 Å². The van der Waals surface area contributed by atoms with Crippen LogP contribution in [0.3, 0.4) is 0 Å². The average Bonchev–Trinajstić information content (AvgIpc) is 3.47. The Balaban J connectivity index is 1.43. The van der Waals surface area contributed by atoms with Gasteiger partial charge in [-0.15, -0.1) is 10.2 Å². The number of nitrogens with zero attached hydrogens (tertiary/aromatic N) is 3. The molecule has 3 aromatic carbocycles. The molecule has 6 nitrogen and oxygen atoms in total. The second-order valence-corrected chi connectivity index (χ2v) is 11.5. The first kappa shape index (κ1) is 23.9. The Morgan fingerprint density at radius 2 is 1.78 bits per heavy atom. The zero-order valence-electron chi connectivity index (χ0n) is 19.9. The van der Waals surface area contributed by atoms with Gasteiger partial charge in [0.15, 0.2) is 9.77 Å². The highest BCUT2D eigenvalue weighted by Gasteiger charge is 2.45. The summed E-state index contributed by atoms with van der Waals surface area (Å²) in [6.45, 7) is 3.97. The van der Waals surface area contributed by atoms with E-state index in [9.17, 15) is 9.59 Å². The number of anilines is 1. The molecule has 5 aromatic rings. The molecule has 0 bridgehead atoms. The minimum Gasteiger partial charge on any atom is -0.450 e. The molecule has 0 saturated heterocycles. The zero-order valence-corrected chi connectivity index (χ0v) is 22.3. The van der Waals surface area contributed by atoms with Crippen molar-refractivity contribution in [2.24, 2.45) is 0 Å². The number of benzene rings is 3. The smallest absolute Gasteiger partial charge is 0.297 e. The lowest BCUT2D eigenvalue weighted by Gasteiger charge is -2.22. The summed E-state index contributed by atoms with van der Waals surface area (Å²) in [7, 11) is 0.